The molecule has 0 aromatic carbocycles. The fourth-order valence-corrected chi connectivity index (χ4v) is 4.70. The van der Waals surface area contributed by atoms with Crippen LogP contribution >= 0.6 is 0 Å². The number of sulfone groups is 1. The normalized spacial score (nSPS) is 29.6. The van der Waals surface area contributed by atoms with Gasteiger partial charge in [0, 0.05) is 6.04 Å². The highest BCUT2D eigenvalue weighted by Gasteiger charge is 2.40. The predicted molar refractivity (Wildman–Crippen MR) is 72.1 cm³/mol. The Kier molecular flexibility index (Phi) is 3.95. The van der Waals surface area contributed by atoms with Crippen molar-refractivity contribution in [3.05, 3.63) is 0 Å². The molecule has 2 fully saturated rings. The lowest BCUT2D eigenvalue weighted by Gasteiger charge is -2.26. The smallest absolute Gasteiger partial charge is 0.315 e. The number of carboxylic acids is 1. The van der Waals surface area contributed by atoms with Crippen molar-refractivity contribution in [2.75, 3.05) is 11.5 Å². The molecule has 2 atom stereocenters. The van der Waals surface area contributed by atoms with Crippen molar-refractivity contribution < 1.29 is 23.1 Å². The quantitative estimate of drug-likeness (QED) is 0.667. The zero-order valence-electron chi connectivity index (χ0n) is 11.4. The number of aliphatic carboxylic acids is 1. The summed E-state index contributed by atoms with van der Waals surface area (Å²) in [4.78, 5) is 22.7. The van der Waals surface area contributed by atoms with Gasteiger partial charge in [-0.15, -0.1) is 0 Å². The molecule has 3 N–H and O–H groups in total. The third-order valence-corrected chi connectivity index (χ3v) is 5.72. The van der Waals surface area contributed by atoms with Gasteiger partial charge in [0.15, 0.2) is 9.84 Å². The number of rotatable bonds is 5. The summed E-state index contributed by atoms with van der Waals surface area (Å²) in [6, 6.07) is -0.864. The number of nitrogens with one attached hydrogen (secondary N) is 2. The SMILES string of the molecule is CC1(NC(=O)NC(CC(=O)O)C2CC2)CCS(=O)(=O)C1. The van der Waals surface area contributed by atoms with Gasteiger partial charge < -0.3 is 15.7 Å². The lowest BCUT2D eigenvalue weighted by atomic mass is 10.0. The Hall–Kier alpha value is -1.31. The lowest BCUT2D eigenvalue weighted by Crippen LogP contribution is -2.53. The van der Waals surface area contributed by atoms with Crippen molar-refractivity contribution >= 4 is 21.8 Å². The molecule has 7 nitrogen and oxygen atoms in total. The second kappa shape index (κ2) is 5.23. The van der Waals surface area contributed by atoms with E-state index in [4.69, 9.17) is 5.11 Å². The van der Waals surface area contributed by atoms with Crippen LogP contribution in [0.2, 0.25) is 0 Å². The molecule has 2 unspecified atom stereocenters. The second-order valence-corrected chi connectivity index (χ2v) is 8.23. The maximum atomic E-state index is 11.9. The number of carbonyl (C=O) groups is 2. The van der Waals surface area contributed by atoms with E-state index in [0.717, 1.165) is 12.8 Å². The van der Waals surface area contributed by atoms with Crippen LogP contribution in [0.1, 0.15) is 32.6 Å². The lowest BCUT2D eigenvalue weighted by molar-refractivity contribution is -0.137. The molecule has 2 rings (SSSR count). The minimum Gasteiger partial charge on any atom is -0.481 e. The molecule has 0 spiro atoms. The molecule has 0 aromatic heterocycles. The van der Waals surface area contributed by atoms with E-state index in [1.807, 2.05) is 0 Å². The molecule has 2 amide bonds. The molecule has 0 radical (unpaired) electrons. The van der Waals surface area contributed by atoms with E-state index in [1.165, 1.54) is 0 Å². The number of carboxylic acid groups (broad SMARTS) is 1. The van der Waals surface area contributed by atoms with Crippen LogP contribution in [0.25, 0.3) is 0 Å². The fraction of sp³-hybridized carbons (Fsp3) is 0.833. The Labute approximate surface area is 118 Å². The van der Waals surface area contributed by atoms with Gasteiger partial charge in [-0.1, -0.05) is 0 Å². The van der Waals surface area contributed by atoms with Crippen molar-refractivity contribution in [2.45, 2.75) is 44.2 Å². The van der Waals surface area contributed by atoms with Gasteiger partial charge in [-0.2, -0.15) is 0 Å². The summed E-state index contributed by atoms with van der Waals surface area (Å²) < 4.78 is 22.9. The Morgan fingerprint density at radius 2 is 2.05 bits per heavy atom. The van der Waals surface area contributed by atoms with Gasteiger partial charge in [-0.05, 0) is 32.1 Å². The maximum absolute atomic E-state index is 11.9. The molecule has 1 aliphatic heterocycles. The van der Waals surface area contributed by atoms with Crippen molar-refractivity contribution in [1.29, 1.82) is 0 Å². The van der Waals surface area contributed by atoms with Crippen LogP contribution < -0.4 is 10.6 Å². The van der Waals surface area contributed by atoms with Crippen LogP contribution in [0.4, 0.5) is 4.79 Å². The molecule has 8 heteroatoms. The highest BCUT2D eigenvalue weighted by Crippen LogP contribution is 2.34. The van der Waals surface area contributed by atoms with Gasteiger partial charge in [0.25, 0.3) is 0 Å². The Bertz CT molecular complexity index is 514. The van der Waals surface area contributed by atoms with Gasteiger partial charge in [0.05, 0.1) is 23.5 Å². The first-order chi connectivity index (χ1) is 9.19. The average Bonchev–Trinajstić information content (AvgIpc) is 3.04. The average molecular weight is 304 g/mol. The largest absolute Gasteiger partial charge is 0.481 e. The minimum absolute atomic E-state index is 0.0690. The molecular weight excluding hydrogens is 284 g/mol. The van der Waals surface area contributed by atoms with Crippen LogP contribution in [-0.4, -0.2) is 48.6 Å². The molecule has 1 saturated heterocycles. The summed E-state index contributed by atoms with van der Waals surface area (Å²) in [7, 11) is -3.09. The van der Waals surface area contributed by atoms with E-state index in [-0.39, 0.29) is 29.9 Å². The third-order valence-electron chi connectivity index (χ3n) is 3.82. The predicted octanol–water partition coefficient (Wildman–Crippen LogP) is 0.116. The summed E-state index contributed by atoms with van der Waals surface area (Å²) in [5.74, 6) is -0.723. The first kappa shape index (κ1) is 15.1. The van der Waals surface area contributed by atoms with E-state index >= 15 is 0 Å². The molecule has 2 aliphatic rings. The van der Waals surface area contributed by atoms with Crippen molar-refractivity contribution in [2.24, 2.45) is 5.92 Å². The van der Waals surface area contributed by atoms with Crippen LogP contribution in [-0.2, 0) is 14.6 Å². The zero-order chi connectivity index (χ0) is 15.0. The van der Waals surface area contributed by atoms with Crippen LogP contribution in [0.3, 0.4) is 0 Å². The van der Waals surface area contributed by atoms with Crippen LogP contribution in [0, 0.1) is 5.92 Å². The molecule has 1 heterocycles. The number of carbonyl (C=O) groups excluding carboxylic acids is 1. The standard InChI is InChI=1S/C12H20N2O5S/c1-12(4-5-20(18,19)7-12)14-11(17)13-9(6-10(15)16)8-2-3-8/h8-9H,2-7H2,1H3,(H,15,16)(H2,13,14,17). The van der Waals surface area contributed by atoms with Gasteiger partial charge in [0.1, 0.15) is 0 Å². The van der Waals surface area contributed by atoms with Crippen molar-refractivity contribution in [1.82, 2.24) is 10.6 Å². The van der Waals surface area contributed by atoms with Crippen molar-refractivity contribution in [3.8, 4) is 0 Å². The summed E-state index contributed by atoms with van der Waals surface area (Å²) in [6.45, 7) is 1.69. The van der Waals surface area contributed by atoms with E-state index < -0.39 is 27.4 Å². The first-order valence-electron chi connectivity index (χ1n) is 6.70. The van der Waals surface area contributed by atoms with E-state index in [9.17, 15) is 18.0 Å². The Morgan fingerprint density at radius 3 is 2.50 bits per heavy atom. The second-order valence-electron chi connectivity index (χ2n) is 6.04. The van der Waals surface area contributed by atoms with E-state index in [2.05, 4.69) is 10.6 Å². The molecule has 114 valence electrons. The first-order valence-corrected chi connectivity index (χ1v) is 8.52. The monoisotopic (exact) mass is 304 g/mol. The number of urea groups is 1. The van der Waals surface area contributed by atoms with Crippen LogP contribution in [0.5, 0.6) is 0 Å². The number of hydrogen-bond acceptors (Lipinski definition) is 4. The van der Waals surface area contributed by atoms with E-state index in [0.29, 0.717) is 6.42 Å². The van der Waals surface area contributed by atoms with Crippen molar-refractivity contribution in [3.63, 3.8) is 0 Å². The minimum atomic E-state index is -3.09. The number of amides is 2. The van der Waals surface area contributed by atoms with Gasteiger partial charge in [0.2, 0.25) is 0 Å². The summed E-state index contributed by atoms with van der Waals surface area (Å²) in [5.41, 5.74) is -0.764. The zero-order valence-corrected chi connectivity index (χ0v) is 12.2. The van der Waals surface area contributed by atoms with Gasteiger partial charge in [-0.25, -0.2) is 13.2 Å². The molecule has 1 aliphatic carbocycles. The Balaban J connectivity index is 1.89. The van der Waals surface area contributed by atoms with Crippen LogP contribution in [0.15, 0.2) is 0 Å². The fourth-order valence-electron chi connectivity index (χ4n) is 2.61. The molecule has 20 heavy (non-hydrogen) atoms. The molecule has 0 aromatic rings. The highest BCUT2D eigenvalue weighted by molar-refractivity contribution is 7.91. The maximum Gasteiger partial charge on any atom is 0.315 e. The highest BCUT2D eigenvalue weighted by atomic mass is 32.2. The summed E-state index contributed by atoms with van der Waals surface area (Å²) >= 11 is 0. The topological polar surface area (TPSA) is 113 Å². The van der Waals surface area contributed by atoms with Gasteiger partial charge in [-0.3, -0.25) is 4.79 Å². The summed E-state index contributed by atoms with van der Waals surface area (Å²) in [6.07, 6.45) is 2.12. The molecule has 1 saturated carbocycles. The number of hydrogen-bond donors (Lipinski definition) is 3. The van der Waals surface area contributed by atoms with E-state index in [1.54, 1.807) is 6.92 Å². The Morgan fingerprint density at radius 1 is 1.40 bits per heavy atom. The summed E-state index contributed by atoms with van der Waals surface area (Å²) in [5, 5.41) is 14.2. The third kappa shape index (κ3) is 4.09. The molecule has 0 bridgehead atoms. The van der Waals surface area contributed by atoms with Gasteiger partial charge >= 0.3 is 12.0 Å². The molecular formula is C12H20N2O5S.